The van der Waals surface area contributed by atoms with Crippen LogP contribution in [0.3, 0.4) is 0 Å². The van der Waals surface area contributed by atoms with E-state index >= 15 is 0 Å². The van der Waals surface area contributed by atoms with Gasteiger partial charge in [-0.25, -0.2) is 0 Å². The first kappa shape index (κ1) is 12.3. The Balaban J connectivity index is 2.16. The summed E-state index contributed by atoms with van der Waals surface area (Å²) in [7, 11) is 0. The quantitative estimate of drug-likeness (QED) is 0.894. The Morgan fingerprint density at radius 1 is 1.50 bits per heavy atom. The SMILES string of the molecule is Cc1ccc(CN(C(=O)c2cn[nH]n2)C(C)C)o1. The van der Waals surface area contributed by atoms with Crippen molar-refractivity contribution in [3.63, 3.8) is 0 Å². The van der Waals surface area contributed by atoms with Gasteiger partial charge in [-0.3, -0.25) is 4.79 Å². The molecule has 0 aliphatic carbocycles. The maximum absolute atomic E-state index is 12.2. The van der Waals surface area contributed by atoms with Gasteiger partial charge in [0.25, 0.3) is 5.91 Å². The monoisotopic (exact) mass is 248 g/mol. The zero-order valence-corrected chi connectivity index (χ0v) is 10.7. The second-order valence-corrected chi connectivity index (χ2v) is 4.39. The van der Waals surface area contributed by atoms with E-state index in [-0.39, 0.29) is 11.9 Å². The van der Waals surface area contributed by atoms with Crippen molar-refractivity contribution >= 4 is 5.91 Å². The Hall–Kier alpha value is -2.11. The molecule has 0 fully saturated rings. The Morgan fingerprint density at radius 2 is 2.28 bits per heavy atom. The normalized spacial score (nSPS) is 10.9. The second-order valence-electron chi connectivity index (χ2n) is 4.39. The number of nitrogens with one attached hydrogen (secondary N) is 1. The molecule has 0 saturated carbocycles. The van der Waals surface area contributed by atoms with E-state index in [1.165, 1.54) is 6.20 Å². The lowest BCUT2D eigenvalue weighted by molar-refractivity contribution is 0.0669. The third-order valence-electron chi connectivity index (χ3n) is 2.64. The van der Waals surface area contributed by atoms with E-state index in [2.05, 4.69) is 15.4 Å². The minimum Gasteiger partial charge on any atom is -0.464 e. The molecule has 2 heterocycles. The predicted molar refractivity (Wildman–Crippen MR) is 64.8 cm³/mol. The van der Waals surface area contributed by atoms with Crippen LogP contribution in [-0.4, -0.2) is 32.3 Å². The lowest BCUT2D eigenvalue weighted by Gasteiger charge is -2.24. The molecule has 0 aliphatic heterocycles. The number of rotatable bonds is 4. The Bertz CT molecular complexity index is 516. The summed E-state index contributed by atoms with van der Waals surface area (Å²) in [5, 5.41) is 9.90. The topological polar surface area (TPSA) is 75.0 Å². The first-order valence-electron chi connectivity index (χ1n) is 5.80. The van der Waals surface area contributed by atoms with Crippen molar-refractivity contribution in [1.29, 1.82) is 0 Å². The molecule has 2 rings (SSSR count). The molecular weight excluding hydrogens is 232 g/mol. The van der Waals surface area contributed by atoms with Crippen LogP contribution in [0.15, 0.2) is 22.7 Å². The molecule has 0 aromatic carbocycles. The second kappa shape index (κ2) is 5.03. The third kappa shape index (κ3) is 2.58. The van der Waals surface area contributed by atoms with Gasteiger partial charge in [0.1, 0.15) is 11.5 Å². The smallest absolute Gasteiger partial charge is 0.276 e. The highest BCUT2D eigenvalue weighted by Gasteiger charge is 2.22. The van der Waals surface area contributed by atoms with Gasteiger partial charge < -0.3 is 9.32 Å². The highest BCUT2D eigenvalue weighted by molar-refractivity contribution is 5.92. The molecule has 0 spiro atoms. The first-order chi connectivity index (χ1) is 8.58. The van der Waals surface area contributed by atoms with Gasteiger partial charge in [-0.2, -0.15) is 15.4 Å². The first-order valence-corrected chi connectivity index (χ1v) is 5.80. The summed E-state index contributed by atoms with van der Waals surface area (Å²) in [5.41, 5.74) is 0.312. The van der Waals surface area contributed by atoms with E-state index in [0.29, 0.717) is 12.2 Å². The predicted octanol–water partition coefficient (Wildman–Crippen LogP) is 1.76. The highest BCUT2D eigenvalue weighted by atomic mass is 16.3. The number of hydrogen-bond acceptors (Lipinski definition) is 4. The summed E-state index contributed by atoms with van der Waals surface area (Å²) in [6, 6.07) is 3.81. The van der Waals surface area contributed by atoms with Crippen molar-refractivity contribution in [3.05, 3.63) is 35.5 Å². The number of furan rings is 1. The van der Waals surface area contributed by atoms with Crippen LogP contribution in [0.4, 0.5) is 0 Å². The summed E-state index contributed by atoms with van der Waals surface area (Å²) in [6.45, 7) is 6.21. The van der Waals surface area contributed by atoms with Gasteiger partial charge in [0.2, 0.25) is 0 Å². The highest BCUT2D eigenvalue weighted by Crippen LogP contribution is 2.14. The number of aryl methyl sites for hydroxylation is 1. The fourth-order valence-electron chi connectivity index (χ4n) is 1.68. The van der Waals surface area contributed by atoms with Crippen LogP contribution >= 0.6 is 0 Å². The fraction of sp³-hybridized carbons (Fsp3) is 0.417. The maximum atomic E-state index is 12.2. The zero-order valence-electron chi connectivity index (χ0n) is 10.7. The molecule has 96 valence electrons. The van der Waals surface area contributed by atoms with E-state index in [1.807, 2.05) is 32.9 Å². The standard InChI is InChI=1S/C12H16N4O2/c1-8(2)16(7-10-5-4-9(3)18-10)12(17)11-6-13-15-14-11/h4-6,8H,7H2,1-3H3,(H,13,14,15). The molecule has 1 N–H and O–H groups in total. The van der Waals surface area contributed by atoms with Crippen LogP contribution in [0.1, 0.15) is 35.9 Å². The van der Waals surface area contributed by atoms with Gasteiger partial charge in [0.05, 0.1) is 12.7 Å². The van der Waals surface area contributed by atoms with E-state index in [4.69, 9.17) is 4.42 Å². The average molecular weight is 248 g/mol. The van der Waals surface area contributed by atoms with Gasteiger partial charge >= 0.3 is 0 Å². The van der Waals surface area contributed by atoms with Gasteiger partial charge in [0.15, 0.2) is 5.69 Å². The number of aromatic amines is 1. The molecule has 0 saturated heterocycles. The lowest BCUT2D eigenvalue weighted by atomic mass is 10.2. The zero-order chi connectivity index (χ0) is 13.1. The minimum atomic E-state index is -0.159. The molecule has 6 nitrogen and oxygen atoms in total. The number of aromatic nitrogens is 3. The van der Waals surface area contributed by atoms with E-state index in [1.54, 1.807) is 4.90 Å². The summed E-state index contributed by atoms with van der Waals surface area (Å²) in [4.78, 5) is 13.9. The third-order valence-corrected chi connectivity index (χ3v) is 2.64. The van der Waals surface area contributed by atoms with Gasteiger partial charge in [-0.1, -0.05) is 0 Å². The Morgan fingerprint density at radius 3 is 2.78 bits per heavy atom. The molecule has 0 bridgehead atoms. The summed E-state index contributed by atoms with van der Waals surface area (Å²) in [6.07, 6.45) is 1.42. The summed E-state index contributed by atoms with van der Waals surface area (Å²) >= 11 is 0. The number of hydrogen-bond donors (Lipinski definition) is 1. The molecule has 6 heteroatoms. The van der Waals surface area contributed by atoms with E-state index < -0.39 is 0 Å². The van der Waals surface area contributed by atoms with Crippen LogP contribution in [-0.2, 0) is 6.54 Å². The average Bonchev–Trinajstić information content (AvgIpc) is 2.95. The van der Waals surface area contributed by atoms with Crippen LogP contribution < -0.4 is 0 Å². The number of carbonyl (C=O) groups excluding carboxylic acids is 1. The molecule has 18 heavy (non-hydrogen) atoms. The van der Waals surface area contributed by atoms with Crippen LogP contribution in [0.25, 0.3) is 0 Å². The molecule has 1 amide bonds. The number of carbonyl (C=O) groups is 1. The number of nitrogens with zero attached hydrogens (tertiary/aromatic N) is 3. The minimum absolute atomic E-state index is 0.0552. The van der Waals surface area contributed by atoms with Crippen molar-refractivity contribution in [2.24, 2.45) is 0 Å². The Kier molecular flexibility index (Phi) is 3.45. The van der Waals surface area contributed by atoms with Crippen LogP contribution in [0.5, 0.6) is 0 Å². The largest absolute Gasteiger partial charge is 0.464 e. The van der Waals surface area contributed by atoms with Crippen LogP contribution in [0, 0.1) is 6.92 Å². The molecule has 2 aromatic rings. The molecule has 0 atom stereocenters. The molecular formula is C12H16N4O2. The molecule has 2 aromatic heterocycles. The number of amides is 1. The van der Waals surface area contributed by atoms with E-state index in [9.17, 15) is 4.79 Å². The van der Waals surface area contributed by atoms with Gasteiger partial charge in [-0.15, -0.1) is 0 Å². The summed E-state index contributed by atoms with van der Waals surface area (Å²) in [5.74, 6) is 1.44. The van der Waals surface area contributed by atoms with Crippen LogP contribution in [0.2, 0.25) is 0 Å². The van der Waals surface area contributed by atoms with Crippen molar-refractivity contribution in [3.8, 4) is 0 Å². The molecule has 0 unspecified atom stereocenters. The maximum Gasteiger partial charge on any atom is 0.276 e. The molecule has 0 radical (unpaired) electrons. The van der Waals surface area contributed by atoms with Crippen molar-refractivity contribution < 1.29 is 9.21 Å². The number of H-pyrrole nitrogens is 1. The van der Waals surface area contributed by atoms with Crippen molar-refractivity contribution in [2.75, 3.05) is 0 Å². The summed E-state index contributed by atoms with van der Waals surface area (Å²) < 4.78 is 5.49. The Labute approximate surface area is 105 Å². The lowest BCUT2D eigenvalue weighted by Crippen LogP contribution is -2.36. The van der Waals surface area contributed by atoms with Crippen molar-refractivity contribution in [1.82, 2.24) is 20.3 Å². The fourth-order valence-corrected chi connectivity index (χ4v) is 1.68. The van der Waals surface area contributed by atoms with E-state index in [0.717, 1.165) is 11.5 Å². The van der Waals surface area contributed by atoms with Gasteiger partial charge in [-0.05, 0) is 32.9 Å². The van der Waals surface area contributed by atoms with Crippen molar-refractivity contribution in [2.45, 2.75) is 33.4 Å². The molecule has 0 aliphatic rings. The van der Waals surface area contributed by atoms with Gasteiger partial charge in [0, 0.05) is 6.04 Å².